The molecule has 2 fully saturated rings. The van der Waals surface area contributed by atoms with Crippen molar-refractivity contribution in [3.63, 3.8) is 0 Å². The summed E-state index contributed by atoms with van der Waals surface area (Å²) in [7, 11) is -0.421. The van der Waals surface area contributed by atoms with Crippen molar-refractivity contribution in [1.82, 2.24) is 0 Å². The Balaban J connectivity index is 1.67. The smallest absolute Gasteiger partial charge is 0.306 e. The number of aliphatic carboxylic acids is 1. The first-order valence-corrected chi connectivity index (χ1v) is 11.0. The number of carboxylic acids is 1. The predicted molar refractivity (Wildman–Crippen MR) is 86.8 cm³/mol. The van der Waals surface area contributed by atoms with Gasteiger partial charge < -0.3 is 5.11 Å². The first-order chi connectivity index (χ1) is 9.70. The molecular weight excluding hydrogens is 264 g/mol. The van der Waals surface area contributed by atoms with Crippen LogP contribution < -0.4 is 0 Å². The van der Waals surface area contributed by atoms with E-state index in [9.17, 15) is 4.79 Å². The van der Waals surface area contributed by atoms with E-state index >= 15 is 0 Å². The number of hydrogen-bond acceptors (Lipinski definition) is 1. The average Bonchev–Trinajstić information content (AvgIpc) is 2.48. The maximum Gasteiger partial charge on any atom is 0.306 e. The first-order valence-electron chi connectivity index (χ1n) is 8.54. The molecule has 0 aromatic carbocycles. The number of carboxylic acid groups (broad SMARTS) is 1. The fourth-order valence-electron chi connectivity index (χ4n) is 4.34. The Kier molecular flexibility index (Phi) is 6.33. The van der Waals surface area contributed by atoms with Gasteiger partial charge in [-0.15, -0.1) is 6.58 Å². The summed E-state index contributed by atoms with van der Waals surface area (Å²) in [4.78, 5) is 11.0. The molecule has 3 heteroatoms. The molecule has 2 aliphatic rings. The number of hydrogen-bond donors (Lipinski definition) is 1. The van der Waals surface area contributed by atoms with Crippen LogP contribution in [0.4, 0.5) is 0 Å². The van der Waals surface area contributed by atoms with Crippen molar-refractivity contribution in [2.75, 3.05) is 0 Å². The van der Waals surface area contributed by atoms with Gasteiger partial charge in [-0.05, 0) is 43.9 Å². The topological polar surface area (TPSA) is 37.3 Å². The molecule has 0 aromatic rings. The summed E-state index contributed by atoms with van der Waals surface area (Å²) in [6.07, 6.45) is 11.7. The minimum absolute atomic E-state index is 0.0455. The van der Waals surface area contributed by atoms with E-state index in [1.807, 2.05) is 0 Å². The van der Waals surface area contributed by atoms with Gasteiger partial charge in [-0.1, -0.05) is 43.5 Å². The molecule has 0 amide bonds. The minimum Gasteiger partial charge on any atom is -0.481 e. The van der Waals surface area contributed by atoms with E-state index in [0.29, 0.717) is 0 Å². The highest BCUT2D eigenvalue weighted by Gasteiger charge is 2.32. The Bertz CT molecular complexity index is 313. The fourth-order valence-corrected chi connectivity index (χ4v) is 7.81. The summed E-state index contributed by atoms with van der Waals surface area (Å²) in [5, 5.41) is 9.07. The second-order valence-corrected chi connectivity index (χ2v) is 10.4. The van der Waals surface area contributed by atoms with Crippen LogP contribution in [0, 0.1) is 17.8 Å². The quantitative estimate of drug-likeness (QED) is 0.445. The molecule has 0 spiro atoms. The van der Waals surface area contributed by atoms with Crippen LogP contribution in [0.3, 0.4) is 0 Å². The van der Waals surface area contributed by atoms with Gasteiger partial charge in [0.25, 0.3) is 0 Å². The number of rotatable bonds is 6. The molecular formula is C17H30O2Si. The summed E-state index contributed by atoms with van der Waals surface area (Å²) in [5.41, 5.74) is 0. The zero-order valence-electron chi connectivity index (χ0n) is 12.7. The van der Waals surface area contributed by atoms with Gasteiger partial charge in [0.2, 0.25) is 0 Å². The molecule has 0 unspecified atom stereocenters. The highest BCUT2D eigenvalue weighted by atomic mass is 28.3. The lowest BCUT2D eigenvalue weighted by molar-refractivity contribution is -0.143. The van der Waals surface area contributed by atoms with Crippen LogP contribution in [0.2, 0.25) is 18.1 Å². The van der Waals surface area contributed by atoms with Gasteiger partial charge >= 0.3 is 5.97 Å². The Hall–Kier alpha value is -0.573. The van der Waals surface area contributed by atoms with Crippen molar-refractivity contribution in [3.05, 3.63) is 12.7 Å². The van der Waals surface area contributed by atoms with Crippen molar-refractivity contribution >= 4 is 14.8 Å². The van der Waals surface area contributed by atoms with Crippen molar-refractivity contribution in [2.24, 2.45) is 17.8 Å². The summed E-state index contributed by atoms with van der Waals surface area (Å²) < 4.78 is 0. The molecule has 2 rings (SSSR count). The van der Waals surface area contributed by atoms with E-state index in [1.54, 1.807) is 12.1 Å². The standard InChI is InChI=1S/C17H30O2Si/c1-2-3-4-11-20-12-9-15(10-13-20)14-5-7-16(8-6-14)17(18)19/h2,14-16,20H,1,3-13H2,(H,18,19). The zero-order valence-corrected chi connectivity index (χ0v) is 13.9. The van der Waals surface area contributed by atoms with E-state index in [1.165, 1.54) is 44.6 Å². The second-order valence-electron chi connectivity index (χ2n) is 6.95. The highest BCUT2D eigenvalue weighted by Crippen LogP contribution is 2.41. The maximum atomic E-state index is 11.0. The van der Waals surface area contributed by atoms with E-state index in [2.05, 4.69) is 12.7 Å². The lowest BCUT2D eigenvalue weighted by Gasteiger charge is -2.36. The monoisotopic (exact) mass is 294 g/mol. The Morgan fingerprint density at radius 2 is 1.70 bits per heavy atom. The molecule has 0 radical (unpaired) electrons. The molecule has 1 N–H and O–H groups in total. The predicted octanol–water partition coefficient (Wildman–Crippen LogP) is 4.48. The van der Waals surface area contributed by atoms with Gasteiger partial charge in [-0.25, -0.2) is 0 Å². The molecule has 2 nitrogen and oxygen atoms in total. The van der Waals surface area contributed by atoms with Crippen LogP contribution in [0.15, 0.2) is 12.7 Å². The Morgan fingerprint density at radius 1 is 1.10 bits per heavy atom. The highest BCUT2D eigenvalue weighted by molar-refractivity contribution is 6.58. The fraction of sp³-hybridized carbons (Fsp3) is 0.824. The van der Waals surface area contributed by atoms with E-state index in [4.69, 9.17) is 5.11 Å². The average molecular weight is 295 g/mol. The van der Waals surface area contributed by atoms with Crippen molar-refractivity contribution < 1.29 is 9.90 Å². The zero-order chi connectivity index (χ0) is 14.4. The molecule has 20 heavy (non-hydrogen) atoms. The molecule has 1 saturated carbocycles. The Labute approximate surface area is 125 Å². The van der Waals surface area contributed by atoms with E-state index < -0.39 is 14.8 Å². The third-order valence-electron chi connectivity index (χ3n) is 5.70. The molecule has 0 atom stereocenters. The van der Waals surface area contributed by atoms with Crippen LogP contribution >= 0.6 is 0 Å². The van der Waals surface area contributed by atoms with Crippen LogP contribution in [0.25, 0.3) is 0 Å². The summed E-state index contributed by atoms with van der Waals surface area (Å²) in [5.74, 6) is 1.15. The van der Waals surface area contributed by atoms with Crippen LogP contribution in [-0.4, -0.2) is 19.9 Å². The van der Waals surface area contributed by atoms with Gasteiger partial charge in [0.1, 0.15) is 0 Å². The summed E-state index contributed by atoms with van der Waals surface area (Å²) in [6.45, 7) is 3.81. The minimum atomic E-state index is -0.568. The largest absolute Gasteiger partial charge is 0.481 e. The SMILES string of the molecule is C=CCCC[SiH]1CCC(C2CCC(C(=O)O)CC2)CC1. The molecule has 114 valence electrons. The van der Waals surface area contributed by atoms with Crippen LogP contribution in [-0.2, 0) is 4.79 Å². The molecule has 1 aliphatic heterocycles. The number of carbonyl (C=O) groups is 1. The van der Waals surface area contributed by atoms with E-state index in [-0.39, 0.29) is 5.92 Å². The normalized spacial score (nSPS) is 34.6. The number of allylic oxidation sites excluding steroid dienone is 1. The summed E-state index contributed by atoms with van der Waals surface area (Å²) in [6, 6.07) is 4.60. The lowest BCUT2D eigenvalue weighted by atomic mass is 9.74. The van der Waals surface area contributed by atoms with Crippen molar-refractivity contribution in [2.45, 2.75) is 69.5 Å². The Morgan fingerprint density at radius 3 is 2.25 bits per heavy atom. The van der Waals surface area contributed by atoms with Crippen LogP contribution in [0.1, 0.15) is 51.4 Å². The van der Waals surface area contributed by atoms with Crippen molar-refractivity contribution in [3.8, 4) is 0 Å². The second kappa shape index (κ2) is 8.01. The lowest BCUT2D eigenvalue weighted by Crippen LogP contribution is -2.30. The molecule has 1 aliphatic carbocycles. The third-order valence-corrected chi connectivity index (χ3v) is 9.22. The van der Waals surface area contributed by atoms with Gasteiger partial charge in [0.05, 0.1) is 5.92 Å². The van der Waals surface area contributed by atoms with Crippen LogP contribution in [0.5, 0.6) is 0 Å². The van der Waals surface area contributed by atoms with Gasteiger partial charge in [0, 0.05) is 8.80 Å². The number of unbranched alkanes of at least 4 members (excludes halogenated alkanes) is 1. The van der Waals surface area contributed by atoms with Gasteiger partial charge in [0.15, 0.2) is 0 Å². The van der Waals surface area contributed by atoms with Gasteiger partial charge in [-0.2, -0.15) is 0 Å². The molecule has 1 heterocycles. The third kappa shape index (κ3) is 4.47. The molecule has 0 bridgehead atoms. The van der Waals surface area contributed by atoms with E-state index in [0.717, 1.165) is 24.7 Å². The molecule has 0 aromatic heterocycles. The first kappa shape index (κ1) is 15.8. The summed E-state index contributed by atoms with van der Waals surface area (Å²) >= 11 is 0. The van der Waals surface area contributed by atoms with Gasteiger partial charge in [-0.3, -0.25) is 4.79 Å². The maximum absolute atomic E-state index is 11.0. The van der Waals surface area contributed by atoms with Crippen molar-refractivity contribution in [1.29, 1.82) is 0 Å². The molecule has 1 saturated heterocycles.